The Kier molecular flexibility index (Phi) is 5.10. The van der Waals surface area contributed by atoms with Gasteiger partial charge in [-0.3, -0.25) is 9.79 Å². The highest BCUT2D eigenvalue weighted by Crippen LogP contribution is 2.58. The highest BCUT2D eigenvalue weighted by atomic mass is 35.5. The molecule has 0 spiro atoms. The molecule has 0 aromatic heterocycles. The summed E-state index contributed by atoms with van der Waals surface area (Å²) >= 11 is 14.9. The molecule has 1 aliphatic heterocycles. The van der Waals surface area contributed by atoms with Gasteiger partial charge in [-0.15, -0.1) is 11.8 Å². The number of ketones is 1. The van der Waals surface area contributed by atoms with Crippen molar-refractivity contribution in [1.29, 1.82) is 0 Å². The number of nitrogens with zero attached hydrogens (tertiary/aromatic N) is 1. The van der Waals surface area contributed by atoms with Gasteiger partial charge < -0.3 is 4.74 Å². The van der Waals surface area contributed by atoms with Crippen molar-refractivity contribution in [3.05, 3.63) is 33.3 Å². The number of rotatable bonds is 5. The number of hydrogen-bond donors (Lipinski definition) is 0. The van der Waals surface area contributed by atoms with Crippen molar-refractivity contribution in [3.63, 3.8) is 0 Å². The van der Waals surface area contributed by atoms with Crippen LogP contribution in [0.2, 0.25) is 10.0 Å². The van der Waals surface area contributed by atoms with Crippen molar-refractivity contribution in [1.82, 2.24) is 0 Å². The van der Waals surface area contributed by atoms with Gasteiger partial charge in [0.2, 0.25) is 0 Å². The van der Waals surface area contributed by atoms with Gasteiger partial charge in [0.05, 0.1) is 5.02 Å². The summed E-state index contributed by atoms with van der Waals surface area (Å²) in [6.45, 7) is 3.47. The monoisotopic (exact) mass is 409 g/mol. The summed E-state index contributed by atoms with van der Waals surface area (Å²) in [7, 11) is 0. The van der Waals surface area contributed by atoms with Crippen molar-refractivity contribution in [3.8, 4) is 5.75 Å². The smallest absolute Gasteiger partial charge is 0.156 e. The Morgan fingerprint density at radius 1 is 1.35 bits per heavy atom. The Morgan fingerprint density at radius 2 is 2.19 bits per heavy atom. The average molecular weight is 410 g/mol. The van der Waals surface area contributed by atoms with Crippen molar-refractivity contribution >= 4 is 51.4 Å². The van der Waals surface area contributed by atoms with Gasteiger partial charge in [0.1, 0.15) is 22.4 Å². The molecule has 0 radical (unpaired) electrons. The Hall–Kier alpha value is -0.970. The number of thioether (sulfide) groups is 1. The maximum Gasteiger partial charge on any atom is 0.156 e. The fourth-order valence-corrected chi connectivity index (χ4v) is 5.65. The summed E-state index contributed by atoms with van der Waals surface area (Å²) < 4.78 is 5.94. The zero-order valence-electron chi connectivity index (χ0n) is 14.7. The second kappa shape index (κ2) is 7.21. The number of allylic oxidation sites excluding steroid dienone is 2. The molecule has 0 bridgehead atoms. The molecule has 1 unspecified atom stereocenters. The van der Waals surface area contributed by atoms with Crippen LogP contribution >= 0.6 is 35.0 Å². The second-order valence-electron chi connectivity index (χ2n) is 7.18. The highest BCUT2D eigenvalue weighted by molar-refractivity contribution is 8.14. The molecule has 1 aromatic carbocycles. The standard InChI is InChI=1S/C20H21Cl2NO2S/c1-2-4-20-5-3-13(24)9-14(20)17-12(10-20)8-15(18(21)19(17)22)25-11-16-23-6-7-26-16/h8-9H,2-7,10-11H2,1H3. The first-order valence-electron chi connectivity index (χ1n) is 9.09. The number of ether oxygens (including phenoxy) is 1. The minimum Gasteiger partial charge on any atom is -0.485 e. The zero-order valence-corrected chi connectivity index (χ0v) is 17.1. The van der Waals surface area contributed by atoms with Gasteiger partial charge in [-0.2, -0.15) is 0 Å². The molecule has 1 aromatic rings. The fourth-order valence-electron chi connectivity index (χ4n) is 4.39. The summed E-state index contributed by atoms with van der Waals surface area (Å²) in [6, 6.07) is 2.02. The first kappa shape index (κ1) is 18.4. The van der Waals surface area contributed by atoms with Crippen molar-refractivity contribution < 1.29 is 9.53 Å². The van der Waals surface area contributed by atoms with Gasteiger partial charge in [-0.25, -0.2) is 0 Å². The maximum atomic E-state index is 12.1. The van der Waals surface area contributed by atoms with Crippen LogP contribution in [0.5, 0.6) is 5.75 Å². The second-order valence-corrected chi connectivity index (χ2v) is 9.10. The van der Waals surface area contributed by atoms with Crippen LogP contribution < -0.4 is 4.74 Å². The van der Waals surface area contributed by atoms with Crippen LogP contribution in [-0.4, -0.2) is 29.7 Å². The third-order valence-electron chi connectivity index (χ3n) is 5.51. The first-order chi connectivity index (χ1) is 12.5. The van der Waals surface area contributed by atoms with Crippen LogP contribution in [-0.2, 0) is 11.2 Å². The molecule has 26 heavy (non-hydrogen) atoms. The summed E-state index contributed by atoms with van der Waals surface area (Å²) in [5.74, 6) is 1.81. The Bertz CT molecular complexity index is 834. The average Bonchev–Trinajstić information content (AvgIpc) is 3.23. The Morgan fingerprint density at radius 3 is 2.92 bits per heavy atom. The summed E-state index contributed by atoms with van der Waals surface area (Å²) in [5.41, 5.74) is 3.20. The molecule has 2 aliphatic carbocycles. The molecule has 3 aliphatic rings. The number of carbonyl (C=O) groups excluding carboxylic acids is 1. The molecular weight excluding hydrogens is 389 g/mol. The van der Waals surface area contributed by atoms with Gasteiger partial charge in [0.25, 0.3) is 0 Å². The molecule has 3 nitrogen and oxygen atoms in total. The van der Waals surface area contributed by atoms with Crippen LogP contribution in [0.3, 0.4) is 0 Å². The molecule has 1 heterocycles. The van der Waals surface area contributed by atoms with Crippen LogP contribution in [0.4, 0.5) is 0 Å². The number of halogens is 2. The molecule has 0 saturated heterocycles. The molecule has 138 valence electrons. The lowest BCUT2D eigenvalue weighted by Gasteiger charge is -2.33. The van der Waals surface area contributed by atoms with Crippen molar-refractivity contribution in [2.45, 2.75) is 39.0 Å². The largest absolute Gasteiger partial charge is 0.485 e. The molecule has 0 fully saturated rings. The van der Waals surface area contributed by atoms with E-state index in [-0.39, 0.29) is 11.2 Å². The zero-order chi connectivity index (χ0) is 18.3. The molecule has 1 atom stereocenters. The van der Waals surface area contributed by atoms with E-state index in [1.54, 1.807) is 17.8 Å². The van der Waals surface area contributed by atoms with Crippen molar-refractivity contribution in [2.24, 2.45) is 10.4 Å². The van der Waals surface area contributed by atoms with Gasteiger partial charge in [0, 0.05) is 29.7 Å². The number of hydrogen-bond acceptors (Lipinski definition) is 4. The van der Waals surface area contributed by atoms with E-state index in [0.717, 1.165) is 59.7 Å². The lowest BCUT2D eigenvalue weighted by Crippen LogP contribution is -2.25. The minimum atomic E-state index is 0.0158. The predicted molar refractivity (Wildman–Crippen MR) is 110 cm³/mol. The van der Waals surface area contributed by atoms with Crippen LogP contribution in [0.25, 0.3) is 5.57 Å². The van der Waals surface area contributed by atoms with E-state index in [2.05, 4.69) is 11.9 Å². The van der Waals surface area contributed by atoms with E-state index in [1.165, 1.54) is 0 Å². The fraction of sp³-hybridized carbons (Fsp3) is 0.500. The van der Waals surface area contributed by atoms with Crippen LogP contribution in [0.1, 0.15) is 43.7 Å². The molecule has 0 saturated carbocycles. The molecule has 0 N–H and O–H groups in total. The van der Waals surface area contributed by atoms with E-state index in [0.29, 0.717) is 28.8 Å². The normalized spacial score (nSPS) is 24.2. The molecular formula is C20H21Cl2NO2S. The first-order valence-corrected chi connectivity index (χ1v) is 10.8. The predicted octanol–water partition coefficient (Wildman–Crippen LogP) is 5.61. The lowest BCUT2D eigenvalue weighted by molar-refractivity contribution is -0.115. The lowest BCUT2D eigenvalue weighted by atomic mass is 9.70. The van der Waals surface area contributed by atoms with E-state index in [4.69, 9.17) is 27.9 Å². The number of benzene rings is 1. The Labute approximate surface area is 168 Å². The maximum absolute atomic E-state index is 12.1. The van der Waals surface area contributed by atoms with E-state index in [1.807, 2.05) is 6.07 Å². The van der Waals surface area contributed by atoms with Gasteiger partial charge in [-0.1, -0.05) is 36.5 Å². The Balaban J connectivity index is 1.71. The third-order valence-corrected chi connectivity index (χ3v) is 7.32. The van der Waals surface area contributed by atoms with Crippen LogP contribution in [0, 0.1) is 5.41 Å². The summed E-state index contributed by atoms with van der Waals surface area (Å²) in [5, 5.41) is 1.95. The van der Waals surface area contributed by atoms with Crippen molar-refractivity contribution in [2.75, 3.05) is 18.9 Å². The van der Waals surface area contributed by atoms with Gasteiger partial charge >= 0.3 is 0 Å². The van der Waals surface area contributed by atoms with E-state index < -0.39 is 0 Å². The third kappa shape index (κ3) is 3.10. The van der Waals surface area contributed by atoms with E-state index in [9.17, 15) is 4.79 Å². The molecule has 0 amide bonds. The van der Waals surface area contributed by atoms with Gasteiger partial charge in [-0.05, 0) is 42.5 Å². The van der Waals surface area contributed by atoms with Gasteiger partial charge in [0.15, 0.2) is 5.78 Å². The quantitative estimate of drug-likeness (QED) is 0.634. The summed E-state index contributed by atoms with van der Waals surface area (Å²) in [4.78, 5) is 16.5. The highest BCUT2D eigenvalue weighted by Gasteiger charge is 2.45. The number of fused-ring (bicyclic) bond motifs is 3. The van der Waals surface area contributed by atoms with Crippen LogP contribution in [0.15, 0.2) is 17.1 Å². The molecule has 6 heteroatoms. The molecule has 4 rings (SSSR count). The summed E-state index contributed by atoms with van der Waals surface area (Å²) in [6.07, 6.45) is 6.33. The minimum absolute atomic E-state index is 0.0158. The SMILES string of the molecule is CCCC12CCC(=O)C=C1c1c(cc(OCC3=NCCS3)c(Cl)c1Cl)C2. The van der Waals surface area contributed by atoms with E-state index >= 15 is 0 Å². The number of carbonyl (C=O) groups is 1. The topological polar surface area (TPSA) is 38.7 Å². The number of aliphatic imine (C=N–C) groups is 1.